The van der Waals surface area contributed by atoms with Crippen LogP contribution in [0.4, 0.5) is 0 Å². The molecule has 4 nitrogen and oxygen atoms in total. The van der Waals surface area contributed by atoms with Gasteiger partial charge in [-0.1, -0.05) is 97.1 Å². The lowest BCUT2D eigenvalue weighted by Crippen LogP contribution is -2.25. The zero-order chi connectivity index (χ0) is 26.1. The fourth-order valence-electron chi connectivity index (χ4n) is 5.48. The Kier molecular flexibility index (Phi) is 6.24. The van der Waals surface area contributed by atoms with Crippen LogP contribution in [0, 0.1) is 6.92 Å². The van der Waals surface area contributed by atoms with E-state index in [1.165, 1.54) is 11.1 Å². The Morgan fingerprint density at radius 1 is 0.842 bits per heavy atom. The van der Waals surface area contributed by atoms with Crippen LogP contribution in [0.5, 0.6) is 0 Å². The molecule has 2 heterocycles. The predicted molar refractivity (Wildman–Crippen MR) is 154 cm³/mol. The van der Waals surface area contributed by atoms with Gasteiger partial charge in [-0.05, 0) is 44.7 Å². The molecule has 2 aromatic heterocycles. The van der Waals surface area contributed by atoms with Crippen molar-refractivity contribution in [2.45, 2.75) is 45.4 Å². The first-order chi connectivity index (χ1) is 18.6. The van der Waals surface area contributed by atoms with E-state index in [0.29, 0.717) is 11.6 Å². The number of hydrogen-bond acceptors (Lipinski definition) is 4. The minimum Gasteiger partial charge on any atom is -0.465 e. The maximum Gasteiger partial charge on any atom is 0.164 e. The van der Waals surface area contributed by atoms with Gasteiger partial charge in [-0.3, -0.25) is 0 Å². The van der Waals surface area contributed by atoms with Crippen LogP contribution in [-0.2, 0) is 11.8 Å². The van der Waals surface area contributed by atoms with Crippen LogP contribution in [-0.4, -0.2) is 15.0 Å². The topological polar surface area (TPSA) is 51.8 Å². The van der Waals surface area contributed by atoms with Crippen molar-refractivity contribution in [2.24, 2.45) is 0 Å². The van der Waals surface area contributed by atoms with E-state index in [0.717, 1.165) is 58.9 Å². The lowest BCUT2D eigenvalue weighted by Gasteiger charge is -2.27. The van der Waals surface area contributed by atoms with E-state index in [4.69, 9.17) is 19.4 Å². The van der Waals surface area contributed by atoms with Gasteiger partial charge in [0.15, 0.2) is 11.6 Å². The molecular formula is C34H31N3O. The summed E-state index contributed by atoms with van der Waals surface area (Å²) < 4.78 is 6.33. The number of nitrogens with zero attached hydrogens (tertiary/aromatic N) is 3. The highest BCUT2D eigenvalue weighted by molar-refractivity contribution is 6.01. The Labute approximate surface area is 224 Å². The highest BCUT2D eigenvalue weighted by atomic mass is 16.3. The van der Waals surface area contributed by atoms with Crippen molar-refractivity contribution in [2.75, 3.05) is 0 Å². The minimum absolute atomic E-state index is 0.320. The SMILES string of the molecule is C/C=C\c1c(C)oc2c1C(c1nc(-c3ccccc3)nc(C3(C)C=CC=CC3)n1)=C(c1ccccc1)CC2. The molecule has 0 spiro atoms. The van der Waals surface area contributed by atoms with Gasteiger partial charge >= 0.3 is 0 Å². The summed E-state index contributed by atoms with van der Waals surface area (Å²) in [6, 6.07) is 20.8. The van der Waals surface area contributed by atoms with Crippen molar-refractivity contribution in [3.63, 3.8) is 0 Å². The Hall–Kier alpha value is -4.31. The van der Waals surface area contributed by atoms with Crippen LogP contribution in [0.15, 0.2) is 95.5 Å². The second-order valence-electron chi connectivity index (χ2n) is 10.2. The van der Waals surface area contributed by atoms with E-state index >= 15 is 0 Å². The van der Waals surface area contributed by atoms with Crippen LogP contribution in [0.2, 0.25) is 0 Å². The predicted octanol–water partition coefficient (Wildman–Crippen LogP) is 8.15. The van der Waals surface area contributed by atoms with Crippen molar-refractivity contribution in [1.29, 1.82) is 0 Å². The molecule has 2 aliphatic carbocycles. The summed E-state index contributed by atoms with van der Waals surface area (Å²) in [6.07, 6.45) is 15.3. The van der Waals surface area contributed by atoms with E-state index in [9.17, 15) is 0 Å². The smallest absolute Gasteiger partial charge is 0.164 e. The third-order valence-electron chi connectivity index (χ3n) is 7.47. The molecule has 0 N–H and O–H groups in total. The molecule has 0 aliphatic heterocycles. The van der Waals surface area contributed by atoms with Crippen LogP contribution in [0.3, 0.4) is 0 Å². The van der Waals surface area contributed by atoms with Gasteiger partial charge in [-0.25, -0.2) is 15.0 Å². The number of furan rings is 1. The monoisotopic (exact) mass is 497 g/mol. The third-order valence-corrected chi connectivity index (χ3v) is 7.47. The van der Waals surface area contributed by atoms with Gasteiger partial charge in [0.2, 0.25) is 0 Å². The van der Waals surface area contributed by atoms with E-state index in [-0.39, 0.29) is 5.41 Å². The summed E-state index contributed by atoms with van der Waals surface area (Å²) in [5.41, 5.74) is 6.33. The largest absolute Gasteiger partial charge is 0.465 e. The first kappa shape index (κ1) is 24.1. The van der Waals surface area contributed by atoms with Crippen LogP contribution >= 0.6 is 0 Å². The molecule has 0 saturated heterocycles. The summed E-state index contributed by atoms with van der Waals surface area (Å²) in [4.78, 5) is 15.4. The van der Waals surface area contributed by atoms with E-state index in [1.54, 1.807) is 0 Å². The number of allylic oxidation sites excluding steroid dienone is 6. The van der Waals surface area contributed by atoms with E-state index in [1.807, 2.05) is 32.0 Å². The second kappa shape index (κ2) is 9.86. The Morgan fingerprint density at radius 3 is 2.24 bits per heavy atom. The average Bonchev–Trinajstić information content (AvgIpc) is 3.28. The molecule has 1 atom stereocenters. The lowest BCUT2D eigenvalue weighted by molar-refractivity contribution is 0.482. The molecule has 188 valence electrons. The molecule has 4 aromatic rings. The maximum absolute atomic E-state index is 6.33. The number of benzene rings is 2. The average molecular weight is 498 g/mol. The summed E-state index contributed by atoms with van der Waals surface area (Å²) in [7, 11) is 0. The van der Waals surface area contributed by atoms with Crippen molar-refractivity contribution in [3.05, 3.63) is 131 Å². The van der Waals surface area contributed by atoms with Gasteiger partial charge in [-0.2, -0.15) is 0 Å². The summed E-state index contributed by atoms with van der Waals surface area (Å²) >= 11 is 0. The van der Waals surface area contributed by atoms with Gasteiger partial charge in [-0.15, -0.1) is 0 Å². The lowest BCUT2D eigenvalue weighted by atomic mass is 9.82. The zero-order valence-electron chi connectivity index (χ0n) is 22.1. The molecular weight excluding hydrogens is 466 g/mol. The fraction of sp³-hybridized carbons (Fsp3) is 0.206. The number of rotatable bonds is 5. The van der Waals surface area contributed by atoms with Crippen molar-refractivity contribution in [1.82, 2.24) is 15.0 Å². The van der Waals surface area contributed by atoms with Crippen LogP contribution in [0.1, 0.15) is 66.5 Å². The number of aromatic nitrogens is 3. The molecule has 1 unspecified atom stereocenters. The fourth-order valence-corrected chi connectivity index (χ4v) is 5.48. The van der Waals surface area contributed by atoms with Gasteiger partial charge in [0.25, 0.3) is 0 Å². The van der Waals surface area contributed by atoms with E-state index < -0.39 is 0 Å². The van der Waals surface area contributed by atoms with Gasteiger partial charge in [0, 0.05) is 34.1 Å². The minimum atomic E-state index is -0.320. The third kappa shape index (κ3) is 4.26. The molecule has 0 bridgehead atoms. The first-order valence-corrected chi connectivity index (χ1v) is 13.3. The van der Waals surface area contributed by atoms with Crippen molar-refractivity contribution >= 4 is 17.2 Å². The highest BCUT2D eigenvalue weighted by Crippen LogP contribution is 2.44. The van der Waals surface area contributed by atoms with Crippen molar-refractivity contribution < 1.29 is 4.42 Å². The standard InChI is InChI=1S/C34H31N3O/c1-4-14-26-23(2)38-28-20-19-27(24-15-8-5-9-16-24)30(29(26)28)32-35-31(25-17-10-6-11-18-25)36-33(37-32)34(3)21-12-7-13-22-34/h4-18,21H,19-20,22H2,1-3H3/b14-4-. The second-order valence-corrected chi connectivity index (χ2v) is 10.2. The van der Waals surface area contributed by atoms with Gasteiger partial charge < -0.3 is 4.42 Å². The maximum atomic E-state index is 6.33. The van der Waals surface area contributed by atoms with Gasteiger partial charge in [0.05, 0.1) is 0 Å². The quantitative estimate of drug-likeness (QED) is 0.279. The Morgan fingerprint density at radius 2 is 1.55 bits per heavy atom. The molecule has 2 aromatic carbocycles. The Balaban J connectivity index is 1.67. The summed E-state index contributed by atoms with van der Waals surface area (Å²) in [5, 5.41) is 0. The van der Waals surface area contributed by atoms with Crippen LogP contribution < -0.4 is 0 Å². The molecule has 6 rings (SSSR count). The number of fused-ring (bicyclic) bond motifs is 1. The molecule has 0 radical (unpaired) electrons. The molecule has 2 aliphatic rings. The number of aryl methyl sites for hydroxylation is 2. The van der Waals surface area contributed by atoms with Gasteiger partial charge in [0.1, 0.15) is 17.3 Å². The van der Waals surface area contributed by atoms with Crippen molar-refractivity contribution in [3.8, 4) is 11.4 Å². The number of hydrogen-bond donors (Lipinski definition) is 0. The molecule has 0 amide bonds. The Bertz CT molecular complexity index is 1610. The summed E-state index contributed by atoms with van der Waals surface area (Å²) in [5.74, 6) is 4.09. The molecule has 0 saturated carbocycles. The first-order valence-electron chi connectivity index (χ1n) is 13.3. The highest BCUT2D eigenvalue weighted by Gasteiger charge is 2.33. The van der Waals surface area contributed by atoms with E-state index in [2.05, 4.69) is 85.8 Å². The van der Waals surface area contributed by atoms with Crippen LogP contribution in [0.25, 0.3) is 28.6 Å². The molecule has 38 heavy (non-hydrogen) atoms. The normalized spacial score (nSPS) is 18.8. The molecule has 4 heteroatoms. The summed E-state index contributed by atoms with van der Waals surface area (Å²) in [6.45, 7) is 6.29. The zero-order valence-corrected chi connectivity index (χ0v) is 22.1. The molecule has 0 fully saturated rings.